The molecule has 5 nitrogen and oxygen atoms in total. The number of hydrogen-bond donors (Lipinski definition) is 0. The zero-order valence-electron chi connectivity index (χ0n) is 10.9. The lowest BCUT2D eigenvalue weighted by atomic mass is 10.3. The van der Waals surface area contributed by atoms with Crippen molar-refractivity contribution >= 4 is 11.3 Å². The maximum atomic E-state index is 12.7. The first-order chi connectivity index (χ1) is 10.4. The largest absolute Gasteiger partial charge is 0.417 e. The van der Waals surface area contributed by atoms with Crippen LogP contribution >= 0.6 is 11.3 Å². The summed E-state index contributed by atoms with van der Waals surface area (Å²) in [6.45, 7) is -0.221. The summed E-state index contributed by atoms with van der Waals surface area (Å²) in [4.78, 5) is 16.5. The molecule has 114 valence electrons. The molecule has 22 heavy (non-hydrogen) atoms. The van der Waals surface area contributed by atoms with Crippen LogP contribution < -0.4 is 5.56 Å². The number of halogens is 3. The van der Waals surface area contributed by atoms with Gasteiger partial charge in [-0.15, -0.1) is 11.3 Å². The maximum absolute atomic E-state index is 12.7. The fraction of sp³-hybridized carbons (Fsp3) is 0.154. The molecular weight excluding hydrogens is 319 g/mol. The molecule has 0 unspecified atom stereocenters. The van der Waals surface area contributed by atoms with E-state index in [4.69, 9.17) is 4.52 Å². The van der Waals surface area contributed by atoms with Crippen molar-refractivity contribution in [1.82, 2.24) is 14.7 Å². The van der Waals surface area contributed by atoms with Crippen molar-refractivity contribution in [3.63, 3.8) is 0 Å². The van der Waals surface area contributed by atoms with E-state index >= 15 is 0 Å². The van der Waals surface area contributed by atoms with Gasteiger partial charge in [-0.1, -0.05) is 11.2 Å². The highest BCUT2D eigenvalue weighted by atomic mass is 32.1. The summed E-state index contributed by atoms with van der Waals surface area (Å²) in [5, 5.41) is 5.58. The Morgan fingerprint density at radius 1 is 1.27 bits per heavy atom. The summed E-state index contributed by atoms with van der Waals surface area (Å²) in [6.07, 6.45) is -3.79. The first-order valence-corrected chi connectivity index (χ1v) is 6.95. The molecule has 3 heterocycles. The molecule has 0 bridgehead atoms. The number of hydrogen-bond acceptors (Lipinski definition) is 5. The van der Waals surface area contributed by atoms with Gasteiger partial charge in [0.25, 0.3) is 5.56 Å². The van der Waals surface area contributed by atoms with Crippen LogP contribution in [0.25, 0.3) is 10.7 Å². The van der Waals surface area contributed by atoms with Gasteiger partial charge in [0.2, 0.25) is 11.7 Å². The van der Waals surface area contributed by atoms with E-state index < -0.39 is 17.3 Å². The minimum atomic E-state index is -4.52. The number of nitrogens with zero attached hydrogens (tertiary/aromatic N) is 3. The lowest BCUT2D eigenvalue weighted by molar-refractivity contribution is -0.138. The molecule has 0 spiro atoms. The molecule has 0 saturated carbocycles. The number of aromatic nitrogens is 3. The van der Waals surface area contributed by atoms with Gasteiger partial charge in [-0.25, -0.2) is 0 Å². The highest BCUT2D eigenvalue weighted by Crippen LogP contribution is 2.28. The molecule has 0 aromatic carbocycles. The van der Waals surface area contributed by atoms with Gasteiger partial charge in [0.05, 0.1) is 10.4 Å². The van der Waals surface area contributed by atoms with Crippen molar-refractivity contribution in [2.45, 2.75) is 12.7 Å². The zero-order valence-corrected chi connectivity index (χ0v) is 11.7. The second-order valence-electron chi connectivity index (χ2n) is 4.37. The Kier molecular flexibility index (Phi) is 3.57. The van der Waals surface area contributed by atoms with Gasteiger partial charge in [0.15, 0.2) is 0 Å². The van der Waals surface area contributed by atoms with E-state index in [0.29, 0.717) is 5.82 Å². The van der Waals surface area contributed by atoms with Crippen LogP contribution in [0.15, 0.2) is 45.2 Å². The lowest BCUT2D eigenvalue weighted by Crippen LogP contribution is -2.22. The SMILES string of the molecule is O=c1ccc(C(F)(F)F)cn1Cc1nc(-c2cccs2)no1. The highest BCUT2D eigenvalue weighted by molar-refractivity contribution is 7.13. The normalized spacial score (nSPS) is 11.8. The molecule has 3 aromatic heterocycles. The molecule has 0 atom stereocenters. The van der Waals surface area contributed by atoms with Crippen LogP contribution in [0.5, 0.6) is 0 Å². The predicted molar refractivity (Wildman–Crippen MR) is 72.4 cm³/mol. The zero-order chi connectivity index (χ0) is 15.7. The summed E-state index contributed by atoms with van der Waals surface area (Å²) in [5.41, 5.74) is -1.49. The van der Waals surface area contributed by atoms with Crippen molar-refractivity contribution in [1.29, 1.82) is 0 Å². The number of alkyl halides is 3. The number of thiophene rings is 1. The van der Waals surface area contributed by atoms with Crippen molar-refractivity contribution in [2.75, 3.05) is 0 Å². The molecule has 0 aliphatic heterocycles. The quantitative estimate of drug-likeness (QED) is 0.742. The Hall–Kier alpha value is -2.42. The van der Waals surface area contributed by atoms with Gasteiger partial charge < -0.3 is 9.09 Å². The molecule has 0 N–H and O–H groups in total. The van der Waals surface area contributed by atoms with Gasteiger partial charge in [-0.05, 0) is 17.5 Å². The van der Waals surface area contributed by atoms with E-state index in [1.54, 1.807) is 6.07 Å². The molecule has 0 aliphatic rings. The number of rotatable bonds is 3. The molecule has 3 rings (SSSR count). The van der Waals surface area contributed by atoms with Crippen molar-refractivity contribution in [3.8, 4) is 10.7 Å². The summed E-state index contributed by atoms with van der Waals surface area (Å²) in [7, 11) is 0. The molecule has 0 amide bonds. The van der Waals surface area contributed by atoms with Gasteiger partial charge >= 0.3 is 6.18 Å². The van der Waals surface area contributed by atoms with Crippen LogP contribution in [-0.2, 0) is 12.7 Å². The smallest absolute Gasteiger partial charge is 0.337 e. The molecule has 9 heteroatoms. The van der Waals surface area contributed by atoms with E-state index in [9.17, 15) is 18.0 Å². The van der Waals surface area contributed by atoms with E-state index in [2.05, 4.69) is 10.1 Å². The maximum Gasteiger partial charge on any atom is 0.417 e. The summed E-state index contributed by atoms with van der Waals surface area (Å²) in [5.74, 6) is 0.398. The molecule has 0 radical (unpaired) electrons. The Bertz CT molecular complexity index is 837. The van der Waals surface area contributed by atoms with E-state index in [1.807, 2.05) is 11.4 Å². The van der Waals surface area contributed by atoms with Crippen molar-refractivity contribution < 1.29 is 17.7 Å². The molecular formula is C13H8F3N3O2S. The van der Waals surface area contributed by atoms with Gasteiger partial charge in [-0.2, -0.15) is 18.2 Å². The minimum Gasteiger partial charge on any atom is -0.337 e. The Morgan fingerprint density at radius 2 is 2.09 bits per heavy atom. The fourth-order valence-electron chi connectivity index (χ4n) is 1.79. The third-order valence-corrected chi connectivity index (χ3v) is 3.69. The summed E-state index contributed by atoms with van der Waals surface area (Å²) in [6, 6.07) is 5.20. The second kappa shape index (κ2) is 5.41. The minimum absolute atomic E-state index is 0.0600. The van der Waals surface area contributed by atoms with Crippen LogP contribution in [0.1, 0.15) is 11.5 Å². The van der Waals surface area contributed by atoms with Gasteiger partial charge in [0, 0.05) is 12.3 Å². The fourth-order valence-corrected chi connectivity index (χ4v) is 2.44. The Balaban J connectivity index is 1.89. The van der Waals surface area contributed by atoms with E-state index in [1.165, 1.54) is 11.3 Å². The average molecular weight is 327 g/mol. The average Bonchev–Trinajstić information content (AvgIpc) is 3.10. The highest BCUT2D eigenvalue weighted by Gasteiger charge is 2.31. The topological polar surface area (TPSA) is 60.9 Å². The van der Waals surface area contributed by atoms with Crippen molar-refractivity contribution in [3.05, 3.63) is 57.7 Å². The van der Waals surface area contributed by atoms with Crippen LogP contribution in [0, 0.1) is 0 Å². The van der Waals surface area contributed by atoms with Gasteiger partial charge in [-0.3, -0.25) is 4.79 Å². The van der Waals surface area contributed by atoms with Crippen LogP contribution in [0.4, 0.5) is 13.2 Å². The molecule has 3 aromatic rings. The second-order valence-corrected chi connectivity index (χ2v) is 5.32. The third kappa shape index (κ3) is 2.93. The molecule has 0 fully saturated rings. The molecule has 0 saturated heterocycles. The first-order valence-electron chi connectivity index (χ1n) is 6.07. The van der Waals surface area contributed by atoms with Crippen LogP contribution in [0.2, 0.25) is 0 Å². The lowest BCUT2D eigenvalue weighted by Gasteiger charge is -2.08. The monoisotopic (exact) mass is 327 g/mol. The van der Waals surface area contributed by atoms with Gasteiger partial charge in [0.1, 0.15) is 6.54 Å². The Morgan fingerprint density at radius 3 is 2.77 bits per heavy atom. The standard InChI is InChI=1S/C13H8F3N3O2S/c14-13(15,16)8-3-4-11(20)19(6-8)7-10-17-12(18-21-10)9-2-1-5-22-9/h1-6H,7H2. The van der Waals surface area contributed by atoms with Crippen LogP contribution in [-0.4, -0.2) is 14.7 Å². The van der Waals surface area contributed by atoms with E-state index in [-0.39, 0.29) is 12.4 Å². The predicted octanol–water partition coefficient (Wildman–Crippen LogP) is 3.03. The van der Waals surface area contributed by atoms with Crippen molar-refractivity contribution in [2.24, 2.45) is 0 Å². The van der Waals surface area contributed by atoms with Crippen LogP contribution in [0.3, 0.4) is 0 Å². The third-order valence-electron chi connectivity index (χ3n) is 2.83. The van der Waals surface area contributed by atoms with E-state index in [0.717, 1.165) is 27.8 Å². The summed E-state index contributed by atoms with van der Waals surface area (Å²) >= 11 is 1.40. The first kappa shape index (κ1) is 14.5. The molecule has 0 aliphatic carbocycles. The summed E-state index contributed by atoms with van der Waals surface area (Å²) < 4.78 is 43.8. The number of pyridine rings is 1. The Labute approximate surface area is 125 Å².